The highest BCUT2D eigenvalue weighted by atomic mass is 16.3. The second-order valence-corrected chi connectivity index (χ2v) is 6.87. The molecule has 0 bridgehead atoms. The molecular formula is C21H23N3O2. The van der Waals surface area contributed by atoms with Crippen LogP contribution in [0, 0.1) is 6.92 Å². The van der Waals surface area contributed by atoms with E-state index in [1.807, 2.05) is 36.4 Å². The molecule has 2 amide bonds. The minimum absolute atomic E-state index is 0.247. The molecule has 0 saturated heterocycles. The number of rotatable bonds is 4. The summed E-state index contributed by atoms with van der Waals surface area (Å²) < 4.78 is 0. The zero-order valence-electron chi connectivity index (χ0n) is 14.8. The number of aromatic amines is 1. The SMILES string of the molecule is Cc1[nH]c2ccccc2c1CCNC(=O)N[C@@H]1c2ccccc2C[C@@H]1O. The van der Waals surface area contributed by atoms with Crippen LogP contribution < -0.4 is 10.6 Å². The molecule has 1 heterocycles. The van der Waals surface area contributed by atoms with Crippen molar-refractivity contribution >= 4 is 16.9 Å². The molecule has 5 heteroatoms. The van der Waals surface area contributed by atoms with Crippen LogP contribution in [0.4, 0.5) is 4.79 Å². The monoisotopic (exact) mass is 349 g/mol. The van der Waals surface area contributed by atoms with Gasteiger partial charge in [-0.05, 0) is 36.1 Å². The topological polar surface area (TPSA) is 77.2 Å². The maximum Gasteiger partial charge on any atom is 0.315 e. The second kappa shape index (κ2) is 6.84. The zero-order valence-corrected chi connectivity index (χ0v) is 14.8. The minimum atomic E-state index is -0.575. The summed E-state index contributed by atoms with van der Waals surface area (Å²) in [7, 11) is 0. The maximum atomic E-state index is 12.3. The molecule has 0 saturated carbocycles. The van der Waals surface area contributed by atoms with Crippen molar-refractivity contribution in [3.63, 3.8) is 0 Å². The van der Waals surface area contributed by atoms with Gasteiger partial charge in [0.1, 0.15) is 0 Å². The van der Waals surface area contributed by atoms with Crippen LogP contribution >= 0.6 is 0 Å². The van der Waals surface area contributed by atoms with E-state index < -0.39 is 6.10 Å². The molecule has 2 aromatic carbocycles. The number of urea groups is 1. The first-order valence-corrected chi connectivity index (χ1v) is 9.00. The number of aliphatic hydroxyl groups is 1. The molecule has 3 aromatic rings. The lowest BCUT2D eigenvalue weighted by molar-refractivity contribution is 0.142. The number of hydrogen-bond donors (Lipinski definition) is 4. The molecule has 134 valence electrons. The molecule has 5 nitrogen and oxygen atoms in total. The smallest absolute Gasteiger partial charge is 0.315 e. The number of aromatic nitrogens is 1. The van der Waals surface area contributed by atoms with E-state index in [1.54, 1.807) is 0 Å². The first-order valence-electron chi connectivity index (χ1n) is 9.00. The van der Waals surface area contributed by atoms with Crippen molar-refractivity contribution in [2.24, 2.45) is 0 Å². The van der Waals surface area contributed by atoms with Crippen LogP contribution in [0.5, 0.6) is 0 Å². The fourth-order valence-corrected chi connectivity index (χ4v) is 3.90. The van der Waals surface area contributed by atoms with Crippen LogP contribution in [0.25, 0.3) is 10.9 Å². The van der Waals surface area contributed by atoms with E-state index in [9.17, 15) is 9.90 Å². The molecule has 4 rings (SSSR count). The van der Waals surface area contributed by atoms with Crippen LogP contribution in [0.1, 0.15) is 28.4 Å². The van der Waals surface area contributed by atoms with E-state index in [4.69, 9.17) is 0 Å². The molecule has 26 heavy (non-hydrogen) atoms. The highest BCUT2D eigenvalue weighted by Gasteiger charge is 2.31. The molecule has 1 aliphatic rings. The van der Waals surface area contributed by atoms with Crippen molar-refractivity contribution in [2.45, 2.75) is 31.9 Å². The predicted octanol–water partition coefficient (Wildman–Crippen LogP) is 2.98. The predicted molar refractivity (Wildman–Crippen MR) is 102 cm³/mol. The summed E-state index contributed by atoms with van der Waals surface area (Å²) >= 11 is 0. The number of H-pyrrole nitrogens is 1. The lowest BCUT2D eigenvalue weighted by Gasteiger charge is -2.18. The number of para-hydroxylation sites is 1. The van der Waals surface area contributed by atoms with Crippen LogP contribution in [-0.2, 0) is 12.8 Å². The molecule has 1 aliphatic carbocycles. The lowest BCUT2D eigenvalue weighted by atomic mass is 10.1. The van der Waals surface area contributed by atoms with Gasteiger partial charge in [-0.2, -0.15) is 0 Å². The number of hydrogen-bond acceptors (Lipinski definition) is 2. The van der Waals surface area contributed by atoms with Crippen LogP contribution in [0.3, 0.4) is 0 Å². The van der Waals surface area contributed by atoms with Crippen molar-refractivity contribution in [1.29, 1.82) is 0 Å². The fourth-order valence-electron chi connectivity index (χ4n) is 3.90. The Morgan fingerprint density at radius 3 is 2.85 bits per heavy atom. The van der Waals surface area contributed by atoms with Gasteiger partial charge in [0.25, 0.3) is 0 Å². The van der Waals surface area contributed by atoms with Gasteiger partial charge in [-0.1, -0.05) is 42.5 Å². The Labute approximate surface area is 152 Å². The van der Waals surface area contributed by atoms with Crippen molar-refractivity contribution in [3.8, 4) is 0 Å². The van der Waals surface area contributed by atoms with Gasteiger partial charge in [0.05, 0.1) is 12.1 Å². The molecule has 4 N–H and O–H groups in total. The first kappa shape index (κ1) is 16.7. The van der Waals surface area contributed by atoms with Crippen LogP contribution in [0.2, 0.25) is 0 Å². The maximum absolute atomic E-state index is 12.3. The quantitative estimate of drug-likeness (QED) is 0.584. The van der Waals surface area contributed by atoms with E-state index in [-0.39, 0.29) is 12.1 Å². The van der Waals surface area contributed by atoms with E-state index in [0.29, 0.717) is 13.0 Å². The number of aliphatic hydroxyl groups excluding tert-OH is 1. The Bertz CT molecular complexity index is 947. The molecule has 0 spiro atoms. The average Bonchev–Trinajstić information content (AvgIpc) is 3.12. The average molecular weight is 349 g/mol. The number of aryl methyl sites for hydroxylation is 1. The summed E-state index contributed by atoms with van der Waals surface area (Å²) in [5, 5.41) is 17.3. The third-order valence-electron chi connectivity index (χ3n) is 5.18. The van der Waals surface area contributed by atoms with Crippen molar-refractivity contribution < 1.29 is 9.90 Å². The number of carbonyl (C=O) groups excluding carboxylic acids is 1. The van der Waals surface area contributed by atoms with Gasteiger partial charge in [-0.15, -0.1) is 0 Å². The Kier molecular flexibility index (Phi) is 4.39. The van der Waals surface area contributed by atoms with E-state index >= 15 is 0 Å². The summed E-state index contributed by atoms with van der Waals surface area (Å²) in [6, 6.07) is 15.5. The Hall–Kier alpha value is -2.79. The fraction of sp³-hybridized carbons (Fsp3) is 0.286. The number of amides is 2. The first-order chi connectivity index (χ1) is 12.6. The summed E-state index contributed by atoms with van der Waals surface area (Å²) in [5.41, 5.74) is 5.58. The van der Waals surface area contributed by atoms with Gasteiger partial charge < -0.3 is 20.7 Å². The Balaban J connectivity index is 1.37. The lowest BCUT2D eigenvalue weighted by Crippen LogP contribution is -2.41. The summed E-state index contributed by atoms with van der Waals surface area (Å²) in [5.74, 6) is 0. The molecule has 0 radical (unpaired) electrons. The Morgan fingerprint density at radius 2 is 1.96 bits per heavy atom. The van der Waals surface area contributed by atoms with Crippen molar-refractivity contribution in [3.05, 3.63) is 70.9 Å². The van der Waals surface area contributed by atoms with E-state index in [2.05, 4.69) is 34.7 Å². The van der Waals surface area contributed by atoms with Crippen molar-refractivity contribution in [1.82, 2.24) is 15.6 Å². The third kappa shape index (κ3) is 3.06. The summed E-state index contributed by atoms with van der Waals surface area (Å²) in [6.07, 6.45) is 0.761. The number of benzene rings is 2. The molecular weight excluding hydrogens is 326 g/mol. The zero-order chi connectivity index (χ0) is 18.1. The minimum Gasteiger partial charge on any atom is -0.390 e. The van der Waals surface area contributed by atoms with Gasteiger partial charge in [-0.3, -0.25) is 0 Å². The Morgan fingerprint density at radius 1 is 1.19 bits per heavy atom. The largest absolute Gasteiger partial charge is 0.390 e. The van der Waals surface area contributed by atoms with Gasteiger partial charge in [0, 0.05) is 29.6 Å². The summed E-state index contributed by atoms with van der Waals surface area (Å²) in [6.45, 7) is 2.60. The number of carbonyl (C=O) groups is 1. The standard InChI is InChI=1S/C21H23N3O2/c1-13-15(17-8-4-5-9-18(17)23-13)10-11-22-21(26)24-20-16-7-3-2-6-14(16)12-19(20)25/h2-9,19-20,23,25H,10-12H2,1H3,(H2,22,24,26)/t19-,20+/m0/s1. The third-order valence-corrected chi connectivity index (χ3v) is 5.18. The molecule has 1 aromatic heterocycles. The van der Waals surface area contributed by atoms with Gasteiger partial charge in [-0.25, -0.2) is 4.79 Å². The molecule has 0 fully saturated rings. The van der Waals surface area contributed by atoms with Crippen molar-refractivity contribution in [2.75, 3.05) is 6.54 Å². The van der Waals surface area contributed by atoms with E-state index in [1.165, 1.54) is 10.9 Å². The van der Waals surface area contributed by atoms with E-state index in [0.717, 1.165) is 28.8 Å². The highest BCUT2D eigenvalue weighted by molar-refractivity contribution is 5.84. The number of fused-ring (bicyclic) bond motifs is 2. The van der Waals surface area contributed by atoms with Crippen LogP contribution in [-0.4, -0.2) is 28.8 Å². The molecule has 2 atom stereocenters. The summed E-state index contributed by atoms with van der Waals surface area (Å²) in [4.78, 5) is 15.7. The van der Waals surface area contributed by atoms with Crippen LogP contribution in [0.15, 0.2) is 48.5 Å². The van der Waals surface area contributed by atoms with Gasteiger partial charge >= 0.3 is 6.03 Å². The number of nitrogens with one attached hydrogen (secondary N) is 3. The van der Waals surface area contributed by atoms with Gasteiger partial charge in [0.2, 0.25) is 0 Å². The molecule has 0 unspecified atom stereocenters. The molecule has 0 aliphatic heterocycles. The second-order valence-electron chi connectivity index (χ2n) is 6.87. The normalized spacial score (nSPS) is 18.7. The highest BCUT2D eigenvalue weighted by Crippen LogP contribution is 2.31. The van der Waals surface area contributed by atoms with Gasteiger partial charge in [0.15, 0.2) is 0 Å².